The van der Waals surface area contributed by atoms with Crippen molar-refractivity contribution in [1.82, 2.24) is 15.1 Å². The van der Waals surface area contributed by atoms with E-state index in [1.807, 2.05) is 147 Å². The molecule has 0 radical (unpaired) electrons. The minimum atomic E-state index is -1.05. The molecular weight excluding hydrogens is 781 g/mol. The molecule has 0 saturated heterocycles. The van der Waals surface area contributed by atoms with Gasteiger partial charge in [-0.05, 0) is 64.4 Å². The van der Waals surface area contributed by atoms with Crippen LogP contribution in [-0.4, -0.2) is 106 Å². The van der Waals surface area contributed by atoms with Gasteiger partial charge >= 0.3 is 0 Å². The summed E-state index contributed by atoms with van der Waals surface area (Å²) >= 11 is 12.2. The number of amides is 3. The highest BCUT2D eigenvalue weighted by molar-refractivity contribution is 6.35. The van der Waals surface area contributed by atoms with Gasteiger partial charge < -0.3 is 24.9 Å². The summed E-state index contributed by atoms with van der Waals surface area (Å²) in [5.41, 5.74) is 7.87. The number of para-hydroxylation sites is 2. The summed E-state index contributed by atoms with van der Waals surface area (Å²) in [6.45, 7) is 2.80. The molecule has 5 aromatic rings. The molecule has 5 aromatic carbocycles. The van der Waals surface area contributed by atoms with Crippen LogP contribution >= 0.6 is 23.2 Å². The molecule has 59 heavy (non-hydrogen) atoms. The first kappa shape index (κ1) is 42.9. The molecule has 2 aliphatic heterocycles. The van der Waals surface area contributed by atoms with Crippen LogP contribution in [0.3, 0.4) is 0 Å². The van der Waals surface area contributed by atoms with Crippen molar-refractivity contribution in [3.63, 3.8) is 0 Å². The molecule has 2 heterocycles. The van der Waals surface area contributed by atoms with Gasteiger partial charge in [-0.1, -0.05) is 126 Å². The highest BCUT2D eigenvalue weighted by Crippen LogP contribution is 2.29. The van der Waals surface area contributed by atoms with Crippen molar-refractivity contribution in [1.29, 1.82) is 0 Å². The smallest absolute Gasteiger partial charge is 0.272 e. The number of hydrogen-bond donors (Lipinski definition) is 1. The number of benzene rings is 5. The number of aliphatic imine (C=N–C) groups is 2. The zero-order valence-corrected chi connectivity index (χ0v) is 35.3. The Balaban J connectivity index is 0.000000219. The fourth-order valence-corrected chi connectivity index (χ4v) is 7.33. The quantitative estimate of drug-likeness (QED) is 0.143. The first-order valence-corrected chi connectivity index (χ1v) is 20.3. The molecule has 7 rings (SSSR count). The molecule has 304 valence electrons. The zero-order chi connectivity index (χ0) is 41.9. The Morgan fingerprint density at radius 1 is 0.695 bits per heavy atom. The second-order valence-corrected chi connectivity index (χ2v) is 15.6. The average molecular weight is 831 g/mol. The molecule has 12 heteroatoms. The summed E-state index contributed by atoms with van der Waals surface area (Å²) in [6.07, 6.45) is -0.475. The SMILES string of the molecule is CN(C)CCN1C(=O)C(NC(=O)CCc2ccc(Cl)cc2Cl)N=C(c2ccccc2)c2ccccc21.CN(C)CCN1C(=O)CN=C(c2ccccc2)c2ccccc21. The Hall–Kier alpha value is -5.65. The summed E-state index contributed by atoms with van der Waals surface area (Å²) in [6, 6.07) is 40.7. The van der Waals surface area contributed by atoms with Gasteiger partial charge in [-0.25, -0.2) is 4.99 Å². The lowest BCUT2D eigenvalue weighted by molar-refractivity contribution is -0.127. The van der Waals surface area contributed by atoms with Crippen LogP contribution in [-0.2, 0) is 20.8 Å². The van der Waals surface area contributed by atoms with E-state index in [0.29, 0.717) is 41.8 Å². The number of aryl methyl sites for hydroxylation is 1. The fourth-order valence-electron chi connectivity index (χ4n) is 6.83. The Morgan fingerprint density at radius 3 is 1.81 bits per heavy atom. The largest absolute Gasteiger partial charge is 0.327 e. The number of fused-ring (bicyclic) bond motifs is 2. The highest BCUT2D eigenvalue weighted by atomic mass is 35.5. The van der Waals surface area contributed by atoms with E-state index in [4.69, 9.17) is 28.2 Å². The summed E-state index contributed by atoms with van der Waals surface area (Å²) in [5.74, 6) is -0.507. The molecule has 0 aromatic heterocycles. The Labute approximate surface area is 356 Å². The van der Waals surface area contributed by atoms with Crippen LogP contribution in [0.5, 0.6) is 0 Å². The van der Waals surface area contributed by atoms with E-state index < -0.39 is 6.17 Å². The van der Waals surface area contributed by atoms with E-state index in [1.54, 1.807) is 23.1 Å². The van der Waals surface area contributed by atoms with Gasteiger partial charge in [-0.3, -0.25) is 19.4 Å². The monoisotopic (exact) mass is 829 g/mol. The normalized spacial score (nSPS) is 15.0. The molecule has 0 saturated carbocycles. The molecule has 1 atom stereocenters. The lowest BCUT2D eigenvalue weighted by Crippen LogP contribution is -2.49. The van der Waals surface area contributed by atoms with Gasteiger partial charge in [-0.15, -0.1) is 0 Å². The van der Waals surface area contributed by atoms with Crippen LogP contribution in [0.2, 0.25) is 10.0 Å². The number of hydrogen-bond acceptors (Lipinski definition) is 7. The number of carbonyl (C=O) groups is 3. The van der Waals surface area contributed by atoms with E-state index in [-0.39, 0.29) is 30.7 Å². The maximum Gasteiger partial charge on any atom is 0.272 e. The predicted molar refractivity (Wildman–Crippen MR) is 240 cm³/mol. The fraction of sp³-hybridized carbons (Fsp3) is 0.255. The van der Waals surface area contributed by atoms with Crippen molar-refractivity contribution in [3.8, 4) is 0 Å². The summed E-state index contributed by atoms with van der Waals surface area (Å²) < 4.78 is 0. The van der Waals surface area contributed by atoms with Crippen LogP contribution in [0.15, 0.2) is 137 Å². The summed E-state index contributed by atoms with van der Waals surface area (Å²) in [5, 5.41) is 3.91. The molecule has 2 aliphatic rings. The number of anilines is 2. The first-order chi connectivity index (χ1) is 28.5. The van der Waals surface area contributed by atoms with E-state index in [1.165, 1.54) is 0 Å². The van der Waals surface area contributed by atoms with Gasteiger partial charge in [0.2, 0.25) is 18.0 Å². The minimum Gasteiger partial charge on any atom is -0.327 e. The molecule has 10 nitrogen and oxygen atoms in total. The Bertz CT molecular complexity index is 2320. The number of rotatable bonds is 12. The molecular formula is C47H49Cl2N7O3. The van der Waals surface area contributed by atoms with Gasteiger partial charge in [0.1, 0.15) is 6.54 Å². The standard InChI is InChI=1S/C28H28Cl2N4O2.C19H21N3O/c1-33(2)16-17-34-24-11-7-6-10-22(24)26(20-8-4-3-5-9-20)32-27(28(34)36)31-25(35)15-13-19-12-14-21(29)18-23(19)30;1-21(2)12-13-22-17-11-7-6-10-16(17)19(20-14-18(22)23)15-8-4-3-5-9-15/h3-12,14,18,27H,13,15-17H2,1-2H3,(H,31,35);3-11H,12-14H2,1-2H3. The van der Waals surface area contributed by atoms with E-state index in [2.05, 4.69) is 15.2 Å². The first-order valence-electron chi connectivity index (χ1n) is 19.6. The second kappa shape index (κ2) is 20.4. The van der Waals surface area contributed by atoms with E-state index in [9.17, 15) is 14.4 Å². The third-order valence-electron chi connectivity index (χ3n) is 9.90. The number of nitrogens with zero attached hydrogens (tertiary/aromatic N) is 6. The molecule has 0 fully saturated rings. The van der Waals surface area contributed by atoms with E-state index in [0.717, 1.165) is 51.4 Å². The van der Waals surface area contributed by atoms with Crippen LogP contribution in [0, 0.1) is 0 Å². The Kier molecular flexibility index (Phi) is 14.8. The highest BCUT2D eigenvalue weighted by Gasteiger charge is 2.33. The van der Waals surface area contributed by atoms with Gasteiger partial charge in [-0.2, -0.15) is 0 Å². The molecule has 0 aliphatic carbocycles. The van der Waals surface area contributed by atoms with Gasteiger partial charge in [0, 0.05) is 64.9 Å². The number of nitrogens with one attached hydrogen (secondary N) is 1. The van der Waals surface area contributed by atoms with Gasteiger partial charge in [0.05, 0.1) is 22.8 Å². The molecule has 3 amide bonds. The predicted octanol–water partition coefficient (Wildman–Crippen LogP) is 7.25. The van der Waals surface area contributed by atoms with Crippen molar-refractivity contribution in [2.45, 2.75) is 19.0 Å². The number of likely N-dealkylation sites (N-methyl/N-ethyl adjacent to an activating group) is 2. The maximum atomic E-state index is 13.7. The Morgan fingerprint density at radius 2 is 1.22 bits per heavy atom. The summed E-state index contributed by atoms with van der Waals surface area (Å²) in [4.78, 5) is 56.4. The van der Waals surface area contributed by atoms with Crippen LogP contribution in [0.25, 0.3) is 0 Å². The maximum absolute atomic E-state index is 13.7. The molecule has 0 spiro atoms. The average Bonchev–Trinajstić information content (AvgIpc) is 3.44. The van der Waals surface area contributed by atoms with Crippen LogP contribution in [0.1, 0.15) is 34.2 Å². The van der Waals surface area contributed by atoms with Gasteiger partial charge in [0.15, 0.2) is 0 Å². The lowest BCUT2D eigenvalue weighted by atomic mass is 10.0. The molecule has 0 bridgehead atoms. The topological polar surface area (TPSA) is 101 Å². The van der Waals surface area contributed by atoms with Crippen molar-refractivity contribution in [3.05, 3.63) is 165 Å². The number of carbonyl (C=O) groups excluding carboxylic acids is 3. The minimum absolute atomic E-state index is 0.0465. The molecule has 1 unspecified atom stereocenters. The lowest BCUT2D eigenvalue weighted by Gasteiger charge is -2.26. The van der Waals surface area contributed by atoms with Crippen molar-refractivity contribution >= 4 is 63.7 Å². The van der Waals surface area contributed by atoms with Crippen LogP contribution < -0.4 is 15.1 Å². The third kappa shape index (κ3) is 11.1. The van der Waals surface area contributed by atoms with Crippen molar-refractivity contribution in [2.24, 2.45) is 9.98 Å². The molecule has 1 N–H and O–H groups in total. The third-order valence-corrected chi connectivity index (χ3v) is 10.5. The van der Waals surface area contributed by atoms with E-state index >= 15 is 0 Å². The van der Waals surface area contributed by atoms with Crippen LogP contribution in [0.4, 0.5) is 11.4 Å². The zero-order valence-electron chi connectivity index (χ0n) is 33.8. The second-order valence-electron chi connectivity index (χ2n) is 14.8. The number of halogens is 2. The summed E-state index contributed by atoms with van der Waals surface area (Å²) in [7, 11) is 7.95. The van der Waals surface area contributed by atoms with Crippen molar-refractivity contribution < 1.29 is 14.4 Å². The van der Waals surface area contributed by atoms with Gasteiger partial charge in [0.25, 0.3) is 5.91 Å². The van der Waals surface area contributed by atoms with Crippen molar-refractivity contribution in [2.75, 3.05) is 70.7 Å². The number of benzodiazepines with no additional fused rings is 2.